The third kappa shape index (κ3) is 3.77. The van der Waals surface area contributed by atoms with E-state index < -0.39 is 0 Å². The molecule has 1 fully saturated rings. The highest BCUT2D eigenvalue weighted by Gasteiger charge is 2.38. The number of halogens is 1. The molecule has 0 radical (unpaired) electrons. The van der Waals surface area contributed by atoms with Crippen LogP contribution >= 0.6 is 0 Å². The lowest BCUT2D eigenvalue weighted by atomic mass is 9.84. The van der Waals surface area contributed by atoms with Gasteiger partial charge in [0.05, 0.1) is 12.0 Å². The van der Waals surface area contributed by atoms with Gasteiger partial charge >= 0.3 is 0 Å². The zero-order chi connectivity index (χ0) is 18.7. The average molecular weight is 354 g/mol. The van der Waals surface area contributed by atoms with Gasteiger partial charge in [-0.2, -0.15) is 0 Å². The van der Waals surface area contributed by atoms with E-state index in [1.807, 2.05) is 31.2 Å². The van der Waals surface area contributed by atoms with E-state index in [0.29, 0.717) is 19.4 Å². The SMILES string of the molecule is Cc1ccccc1CNC(=O)C1CCC(=O)N(C)C1c1ccc(F)cc1. The smallest absolute Gasteiger partial charge is 0.225 e. The molecule has 2 aromatic rings. The molecule has 136 valence electrons. The summed E-state index contributed by atoms with van der Waals surface area (Å²) in [6.07, 6.45) is 0.835. The Labute approximate surface area is 153 Å². The summed E-state index contributed by atoms with van der Waals surface area (Å²) in [4.78, 5) is 26.6. The van der Waals surface area contributed by atoms with E-state index in [0.717, 1.165) is 16.7 Å². The van der Waals surface area contributed by atoms with Crippen molar-refractivity contribution in [2.75, 3.05) is 7.05 Å². The standard InChI is InChI=1S/C21H23FN2O2/c1-14-5-3-4-6-16(14)13-23-21(26)18-11-12-19(25)24(2)20(18)15-7-9-17(22)10-8-15/h3-10,18,20H,11-13H2,1-2H3,(H,23,26). The molecule has 3 rings (SSSR count). The summed E-state index contributed by atoms with van der Waals surface area (Å²) >= 11 is 0. The fraction of sp³-hybridized carbons (Fsp3) is 0.333. The molecule has 1 N–H and O–H groups in total. The van der Waals surface area contributed by atoms with Crippen LogP contribution in [0.4, 0.5) is 4.39 Å². The van der Waals surface area contributed by atoms with Crippen LogP contribution in [0.2, 0.25) is 0 Å². The van der Waals surface area contributed by atoms with E-state index in [-0.39, 0.29) is 29.6 Å². The second-order valence-corrected chi connectivity index (χ2v) is 6.79. The molecule has 1 aliphatic heterocycles. The predicted octanol–water partition coefficient (Wildman–Crippen LogP) is 3.36. The summed E-state index contributed by atoms with van der Waals surface area (Å²) < 4.78 is 13.3. The second kappa shape index (κ2) is 7.68. The maximum Gasteiger partial charge on any atom is 0.225 e. The maximum absolute atomic E-state index is 13.3. The van der Waals surface area contributed by atoms with Crippen LogP contribution in [0, 0.1) is 18.7 Å². The van der Waals surface area contributed by atoms with Crippen molar-refractivity contribution in [1.29, 1.82) is 0 Å². The minimum atomic E-state index is -0.381. The first kappa shape index (κ1) is 18.1. The number of nitrogens with zero attached hydrogens (tertiary/aromatic N) is 1. The number of amides is 2. The first-order valence-electron chi connectivity index (χ1n) is 8.80. The van der Waals surface area contributed by atoms with Crippen molar-refractivity contribution in [1.82, 2.24) is 10.2 Å². The molecule has 0 spiro atoms. The highest BCUT2D eigenvalue weighted by atomic mass is 19.1. The lowest BCUT2D eigenvalue weighted by Crippen LogP contribution is -2.46. The van der Waals surface area contributed by atoms with Crippen LogP contribution in [-0.4, -0.2) is 23.8 Å². The molecule has 0 aromatic heterocycles. The molecule has 2 atom stereocenters. The lowest BCUT2D eigenvalue weighted by molar-refractivity contribution is -0.141. The van der Waals surface area contributed by atoms with E-state index in [2.05, 4.69) is 5.32 Å². The molecule has 2 unspecified atom stereocenters. The largest absolute Gasteiger partial charge is 0.352 e. The number of nitrogens with one attached hydrogen (secondary N) is 1. The average Bonchev–Trinajstić information content (AvgIpc) is 2.64. The lowest BCUT2D eigenvalue weighted by Gasteiger charge is -2.38. The van der Waals surface area contributed by atoms with Crippen LogP contribution in [-0.2, 0) is 16.1 Å². The van der Waals surface area contributed by atoms with Gasteiger partial charge in [0.2, 0.25) is 11.8 Å². The minimum absolute atomic E-state index is 0.00211. The van der Waals surface area contributed by atoms with Crippen LogP contribution in [0.3, 0.4) is 0 Å². The Morgan fingerprint density at radius 3 is 2.58 bits per heavy atom. The Hall–Kier alpha value is -2.69. The normalized spacial score (nSPS) is 20.1. The molecular weight excluding hydrogens is 331 g/mol. The summed E-state index contributed by atoms with van der Waals surface area (Å²) in [5.74, 6) is -0.768. The third-order valence-electron chi connectivity index (χ3n) is 5.12. The van der Waals surface area contributed by atoms with Gasteiger partial charge in [0.15, 0.2) is 0 Å². The van der Waals surface area contributed by atoms with E-state index in [1.165, 1.54) is 12.1 Å². The highest BCUT2D eigenvalue weighted by molar-refractivity contribution is 5.84. The number of hydrogen-bond donors (Lipinski definition) is 1. The highest BCUT2D eigenvalue weighted by Crippen LogP contribution is 2.36. The van der Waals surface area contributed by atoms with Gasteiger partial charge in [-0.05, 0) is 42.2 Å². The van der Waals surface area contributed by atoms with E-state index in [4.69, 9.17) is 0 Å². The molecule has 0 saturated carbocycles. The second-order valence-electron chi connectivity index (χ2n) is 6.79. The Morgan fingerprint density at radius 1 is 1.19 bits per heavy atom. The molecule has 0 bridgehead atoms. The number of carbonyl (C=O) groups excluding carboxylic acids is 2. The number of carbonyl (C=O) groups is 2. The zero-order valence-electron chi connectivity index (χ0n) is 15.0. The van der Waals surface area contributed by atoms with Gasteiger partial charge < -0.3 is 10.2 Å². The zero-order valence-corrected chi connectivity index (χ0v) is 15.0. The molecule has 26 heavy (non-hydrogen) atoms. The molecule has 1 saturated heterocycles. The fourth-order valence-electron chi connectivity index (χ4n) is 3.55. The van der Waals surface area contributed by atoms with Crippen LogP contribution < -0.4 is 5.32 Å². The van der Waals surface area contributed by atoms with Gasteiger partial charge in [0.25, 0.3) is 0 Å². The molecule has 1 aliphatic rings. The Balaban J connectivity index is 1.79. The van der Waals surface area contributed by atoms with Gasteiger partial charge in [-0.15, -0.1) is 0 Å². The Morgan fingerprint density at radius 2 is 1.88 bits per heavy atom. The monoisotopic (exact) mass is 354 g/mol. The molecule has 2 aromatic carbocycles. The number of aryl methyl sites for hydroxylation is 1. The first-order chi connectivity index (χ1) is 12.5. The van der Waals surface area contributed by atoms with Crippen molar-refractivity contribution in [3.05, 3.63) is 71.0 Å². The van der Waals surface area contributed by atoms with Gasteiger partial charge in [0.1, 0.15) is 5.82 Å². The van der Waals surface area contributed by atoms with Crippen molar-refractivity contribution >= 4 is 11.8 Å². The van der Waals surface area contributed by atoms with Crippen LogP contribution in [0.1, 0.15) is 35.6 Å². The van der Waals surface area contributed by atoms with Gasteiger partial charge in [-0.25, -0.2) is 4.39 Å². The van der Waals surface area contributed by atoms with Gasteiger partial charge in [-0.1, -0.05) is 36.4 Å². The molecule has 0 aliphatic carbocycles. The van der Waals surface area contributed by atoms with Crippen molar-refractivity contribution < 1.29 is 14.0 Å². The van der Waals surface area contributed by atoms with Gasteiger partial charge in [0, 0.05) is 20.0 Å². The number of rotatable bonds is 4. The number of hydrogen-bond acceptors (Lipinski definition) is 2. The molecule has 1 heterocycles. The molecule has 5 heteroatoms. The summed E-state index contributed by atoms with van der Waals surface area (Å²) in [5.41, 5.74) is 2.97. The van der Waals surface area contributed by atoms with Crippen molar-refractivity contribution in [3.8, 4) is 0 Å². The minimum Gasteiger partial charge on any atom is -0.352 e. The van der Waals surface area contributed by atoms with Crippen LogP contribution in [0.25, 0.3) is 0 Å². The van der Waals surface area contributed by atoms with Gasteiger partial charge in [-0.3, -0.25) is 9.59 Å². The predicted molar refractivity (Wildman–Crippen MR) is 97.7 cm³/mol. The fourth-order valence-corrected chi connectivity index (χ4v) is 3.55. The van der Waals surface area contributed by atoms with E-state index in [1.54, 1.807) is 24.1 Å². The van der Waals surface area contributed by atoms with E-state index in [9.17, 15) is 14.0 Å². The molecule has 4 nitrogen and oxygen atoms in total. The van der Waals surface area contributed by atoms with Crippen LogP contribution in [0.15, 0.2) is 48.5 Å². The topological polar surface area (TPSA) is 49.4 Å². The summed E-state index contributed by atoms with van der Waals surface area (Å²) in [7, 11) is 1.71. The van der Waals surface area contributed by atoms with Crippen molar-refractivity contribution in [2.24, 2.45) is 5.92 Å². The number of likely N-dealkylation sites (tertiary alicyclic amines) is 1. The van der Waals surface area contributed by atoms with Crippen molar-refractivity contribution in [2.45, 2.75) is 32.4 Å². The van der Waals surface area contributed by atoms with Crippen molar-refractivity contribution in [3.63, 3.8) is 0 Å². The number of benzene rings is 2. The third-order valence-corrected chi connectivity index (χ3v) is 5.12. The summed E-state index contributed by atoms with van der Waals surface area (Å²) in [5, 5.41) is 3.01. The Bertz CT molecular complexity index is 804. The number of piperidine rings is 1. The molecule has 2 amide bonds. The maximum atomic E-state index is 13.3. The van der Waals surface area contributed by atoms with Crippen LogP contribution in [0.5, 0.6) is 0 Å². The quantitative estimate of drug-likeness (QED) is 0.915. The first-order valence-corrected chi connectivity index (χ1v) is 8.80. The molecular formula is C21H23FN2O2. The summed E-state index contributed by atoms with van der Waals surface area (Å²) in [6.45, 7) is 2.46. The Kier molecular flexibility index (Phi) is 5.35. The summed E-state index contributed by atoms with van der Waals surface area (Å²) in [6, 6.07) is 13.6. The van der Waals surface area contributed by atoms with E-state index >= 15 is 0 Å².